The lowest BCUT2D eigenvalue weighted by molar-refractivity contribution is -0.384. The summed E-state index contributed by atoms with van der Waals surface area (Å²) in [6.45, 7) is 1.78. The molecule has 0 spiro atoms. The zero-order valence-electron chi connectivity index (χ0n) is 16.0. The first kappa shape index (κ1) is 20.1. The molecule has 0 radical (unpaired) electrons. The second-order valence-corrected chi connectivity index (χ2v) is 6.59. The van der Waals surface area contributed by atoms with Crippen LogP contribution in [0.25, 0.3) is 6.08 Å². The molecule has 0 bridgehead atoms. The highest BCUT2D eigenvalue weighted by molar-refractivity contribution is 6.05. The summed E-state index contributed by atoms with van der Waals surface area (Å²) in [5, 5.41) is 13.5. The molecule has 3 rings (SSSR count). The standard InChI is InChI=1S/C21H21N3O5/c1-29-21(26)16-7-10-19(23-12-2-3-13-23)18(14-16)22-20(25)11-6-15-4-8-17(9-5-15)24(27)28/h4-11,14H,2-3,12-13H2,1H3,(H,22,25). The van der Waals surface area contributed by atoms with E-state index in [2.05, 4.69) is 10.2 Å². The van der Waals surface area contributed by atoms with Gasteiger partial charge in [-0.3, -0.25) is 14.9 Å². The van der Waals surface area contributed by atoms with Crippen molar-refractivity contribution in [2.75, 3.05) is 30.4 Å². The molecular weight excluding hydrogens is 374 g/mol. The molecule has 0 unspecified atom stereocenters. The Bertz CT molecular complexity index is 947. The molecule has 2 aromatic carbocycles. The highest BCUT2D eigenvalue weighted by Gasteiger charge is 2.18. The van der Waals surface area contributed by atoms with Gasteiger partial charge in [0.25, 0.3) is 5.69 Å². The molecule has 1 aliphatic heterocycles. The average Bonchev–Trinajstić information content (AvgIpc) is 3.26. The van der Waals surface area contributed by atoms with Crippen LogP contribution in [0, 0.1) is 10.1 Å². The monoisotopic (exact) mass is 395 g/mol. The minimum absolute atomic E-state index is 0.0125. The lowest BCUT2D eigenvalue weighted by atomic mass is 10.1. The highest BCUT2D eigenvalue weighted by Crippen LogP contribution is 2.30. The summed E-state index contributed by atoms with van der Waals surface area (Å²) in [6, 6.07) is 11.0. The van der Waals surface area contributed by atoms with Gasteiger partial charge in [0.15, 0.2) is 0 Å². The maximum Gasteiger partial charge on any atom is 0.337 e. The van der Waals surface area contributed by atoms with Gasteiger partial charge in [-0.15, -0.1) is 0 Å². The van der Waals surface area contributed by atoms with Crippen molar-refractivity contribution in [3.63, 3.8) is 0 Å². The van der Waals surface area contributed by atoms with Crippen LogP contribution in [0.15, 0.2) is 48.5 Å². The molecule has 0 saturated carbocycles. The number of esters is 1. The van der Waals surface area contributed by atoms with Crippen molar-refractivity contribution in [3.05, 3.63) is 69.8 Å². The normalized spacial score (nSPS) is 13.5. The van der Waals surface area contributed by atoms with Crippen LogP contribution in [0.2, 0.25) is 0 Å². The Labute approximate surface area is 167 Å². The number of nitro groups is 1. The summed E-state index contributed by atoms with van der Waals surface area (Å²) >= 11 is 0. The third kappa shape index (κ3) is 4.98. The van der Waals surface area contributed by atoms with E-state index >= 15 is 0 Å². The number of carbonyl (C=O) groups is 2. The van der Waals surface area contributed by atoms with E-state index in [1.807, 2.05) is 6.07 Å². The summed E-state index contributed by atoms with van der Waals surface area (Å²) in [4.78, 5) is 36.7. The molecule has 1 N–H and O–H groups in total. The van der Waals surface area contributed by atoms with Crippen LogP contribution >= 0.6 is 0 Å². The van der Waals surface area contributed by atoms with E-state index in [-0.39, 0.29) is 11.6 Å². The number of methoxy groups -OCH3 is 1. The number of nitrogens with one attached hydrogen (secondary N) is 1. The zero-order valence-corrected chi connectivity index (χ0v) is 16.0. The summed E-state index contributed by atoms with van der Waals surface area (Å²) < 4.78 is 4.77. The number of nitro benzene ring substituents is 1. The smallest absolute Gasteiger partial charge is 0.337 e. The number of amides is 1. The summed E-state index contributed by atoms with van der Waals surface area (Å²) in [6.07, 6.45) is 5.07. The lowest BCUT2D eigenvalue weighted by Gasteiger charge is -2.22. The van der Waals surface area contributed by atoms with Gasteiger partial charge in [-0.25, -0.2) is 4.79 Å². The summed E-state index contributed by atoms with van der Waals surface area (Å²) in [7, 11) is 1.31. The van der Waals surface area contributed by atoms with E-state index in [0.717, 1.165) is 31.6 Å². The Morgan fingerprint density at radius 3 is 2.45 bits per heavy atom. The number of nitrogens with zero attached hydrogens (tertiary/aromatic N) is 2. The zero-order chi connectivity index (χ0) is 20.8. The van der Waals surface area contributed by atoms with Crippen LogP contribution in [0.3, 0.4) is 0 Å². The van der Waals surface area contributed by atoms with Crippen molar-refractivity contribution in [1.29, 1.82) is 0 Å². The van der Waals surface area contributed by atoms with E-state index in [1.165, 1.54) is 25.3 Å². The van der Waals surface area contributed by atoms with E-state index in [1.54, 1.807) is 30.3 Å². The fraction of sp³-hybridized carbons (Fsp3) is 0.238. The van der Waals surface area contributed by atoms with Crippen molar-refractivity contribution in [1.82, 2.24) is 0 Å². The predicted molar refractivity (Wildman–Crippen MR) is 110 cm³/mol. The molecule has 0 atom stereocenters. The van der Waals surface area contributed by atoms with Crippen molar-refractivity contribution in [2.45, 2.75) is 12.8 Å². The summed E-state index contributed by atoms with van der Waals surface area (Å²) in [5.41, 5.74) is 2.39. The van der Waals surface area contributed by atoms with Crippen molar-refractivity contribution >= 4 is 35.0 Å². The molecule has 1 heterocycles. The summed E-state index contributed by atoms with van der Waals surface area (Å²) in [5.74, 6) is -0.847. The van der Waals surface area contributed by atoms with Crippen LogP contribution in [-0.2, 0) is 9.53 Å². The van der Waals surface area contributed by atoms with E-state index in [9.17, 15) is 19.7 Å². The van der Waals surface area contributed by atoms with Gasteiger partial charge < -0.3 is 15.0 Å². The number of anilines is 2. The van der Waals surface area contributed by atoms with Crippen molar-refractivity contribution < 1.29 is 19.2 Å². The molecule has 150 valence electrons. The van der Waals surface area contributed by atoms with E-state index in [0.29, 0.717) is 16.8 Å². The number of hydrogen-bond donors (Lipinski definition) is 1. The second kappa shape index (κ2) is 9.01. The van der Waals surface area contributed by atoms with Crippen LogP contribution in [0.1, 0.15) is 28.8 Å². The fourth-order valence-corrected chi connectivity index (χ4v) is 3.17. The van der Waals surface area contributed by atoms with Gasteiger partial charge in [-0.1, -0.05) is 0 Å². The molecule has 1 amide bonds. The molecule has 1 aliphatic rings. The first-order chi connectivity index (χ1) is 14.0. The van der Waals surface area contributed by atoms with Gasteiger partial charge in [-0.2, -0.15) is 0 Å². The number of rotatable bonds is 6. The molecule has 29 heavy (non-hydrogen) atoms. The van der Waals surface area contributed by atoms with Gasteiger partial charge >= 0.3 is 5.97 Å². The Morgan fingerprint density at radius 1 is 1.14 bits per heavy atom. The quantitative estimate of drug-likeness (QED) is 0.347. The van der Waals surface area contributed by atoms with Crippen molar-refractivity contribution in [2.24, 2.45) is 0 Å². The number of carbonyl (C=O) groups excluding carboxylic acids is 2. The second-order valence-electron chi connectivity index (χ2n) is 6.59. The van der Waals surface area contributed by atoms with Gasteiger partial charge in [0, 0.05) is 31.3 Å². The van der Waals surface area contributed by atoms with Gasteiger partial charge in [0.05, 0.1) is 29.0 Å². The van der Waals surface area contributed by atoms with Crippen LogP contribution in [-0.4, -0.2) is 37.0 Å². The molecule has 0 aliphatic carbocycles. The number of benzene rings is 2. The van der Waals surface area contributed by atoms with Crippen molar-refractivity contribution in [3.8, 4) is 0 Å². The van der Waals surface area contributed by atoms with E-state index in [4.69, 9.17) is 4.74 Å². The SMILES string of the molecule is COC(=O)c1ccc(N2CCCC2)c(NC(=O)C=Cc2ccc([N+](=O)[O-])cc2)c1. The average molecular weight is 395 g/mol. The molecule has 8 nitrogen and oxygen atoms in total. The Hall–Kier alpha value is -3.68. The molecule has 2 aromatic rings. The Kier molecular flexibility index (Phi) is 6.23. The first-order valence-corrected chi connectivity index (χ1v) is 9.19. The third-order valence-corrected chi connectivity index (χ3v) is 4.65. The molecule has 1 saturated heterocycles. The molecule has 1 fully saturated rings. The molecule has 8 heteroatoms. The largest absolute Gasteiger partial charge is 0.465 e. The third-order valence-electron chi connectivity index (χ3n) is 4.65. The number of non-ortho nitro benzene ring substituents is 1. The maximum atomic E-state index is 12.4. The fourth-order valence-electron chi connectivity index (χ4n) is 3.17. The van der Waals surface area contributed by atoms with Crippen LogP contribution < -0.4 is 10.2 Å². The minimum Gasteiger partial charge on any atom is -0.465 e. The predicted octanol–water partition coefficient (Wildman–Crippen LogP) is 3.63. The first-order valence-electron chi connectivity index (χ1n) is 9.19. The van der Waals surface area contributed by atoms with E-state index < -0.39 is 10.9 Å². The maximum absolute atomic E-state index is 12.4. The molecule has 0 aromatic heterocycles. The van der Waals surface area contributed by atoms with Crippen LogP contribution in [0.4, 0.5) is 17.1 Å². The lowest BCUT2D eigenvalue weighted by Crippen LogP contribution is -2.21. The van der Waals surface area contributed by atoms with Crippen LogP contribution in [0.5, 0.6) is 0 Å². The molecular formula is C21H21N3O5. The highest BCUT2D eigenvalue weighted by atomic mass is 16.6. The topological polar surface area (TPSA) is 102 Å². The Balaban J connectivity index is 1.78. The minimum atomic E-state index is -0.478. The van der Waals surface area contributed by atoms with Gasteiger partial charge in [-0.05, 0) is 54.8 Å². The Morgan fingerprint density at radius 2 is 1.83 bits per heavy atom. The number of hydrogen-bond acceptors (Lipinski definition) is 6. The van der Waals surface area contributed by atoms with Gasteiger partial charge in [0.1, 0.15) is 0 Å². The number of ether oxygens (including phenoxy) is 1. The van der Waals surface area contributed by atoms with Gasteiger partial charge in [0.2, 0.25) is 5.91 Å².